The first-order chi connectivity index (χ1) is 22.1. The van der Waals surface area contributed by atoms with Crippen LogP contribution in [0.5, 0.6) is 0 Å². The Balaban J connectivity index is 1.65. The van der Waals surface area contributed by atoms with Gasteiger partial charge < -0.3 is 29.0 Å². The SMILES string of the molecule is CC(C)(C)OC(=O)N(Cc1ccccc1)C(CC(=O)N1CCOCC1)C(=O)NC(CCCc1ccccc1)B1OC(C)(C)C(C)(C)O1. The van der Waals surface area contributed by atoms with Gasteiger partial charge in [-0.3, -0.25) is 14.5 Å². The molecule has 2 atom stereocenters. The van der Waals surface area contributed by atoms with Gasteiger partial charge in [-0.2, -0.15) is 0 Å². The highest BCUT2D eigenvalue weighted by molar-refractivity contribution is 6.48. The van der Waals surface area contributed by atoms with Crippen LogP contribution < -0.4 is 5.32 Å². The van der Waals surface area contributed by atoms with Crippen molar-refractivity contribution in [2.75, 3.05) is 26.3 Å². The zero-order valence-corrected chi connectivity index (χ0v) is 29.1. The Hall–Kier alpha value is -3.41. The van der Waals surface area contributed by atoms with Gasteiger partial charge >= 0.3 is 13.2 Å². The third-order valence-corrected chi connectivity index (χ3v) is 8.99. The lowest BCUT2D eigenvalue weighted by atomic mass is 9.75. The minimum absolute atomic E-state index is 0.0827. The molecule has 3 amide bonds. The first kappa shape index (κ1) is 36.4. The quantitative estimate of drug-likeness (QED) is 0.316. The third-order valence-electron chi connectivity index (χ3n) is 8.99. The third kappa shape index (κ3) is 10.3. The summed E-state index contributed by atoms with van der Waals surface area (Å²) in [6.45, 7) is 15.0. The predicted molar refractivity (Wildman–Crippen MR) is 181 cm³/mol. The molecule has 10 nitrogen and oxygen atoms in total. The summed E-state index contributed by atoms with van der Waals surface area (Å²) in [4.78, 5) is 45.1. The molecule has 2 unspecified atom stereocenters. The Bertz CT molecular complexity index is 1310. The largest absolute Gasteiger partial charge is 0.481 e. The van der Waals surface area contributed by atoms with Gasteiger partial charge in [-0.15, -0.1) is 0 Å². The van der Waals surface area contributed by atoms with Gasteiger partial charge in [-0.05, 0) is 78.9 Å². The van der Waals surface area contributed by atoms with Crippen molar-refractivity contribution in [2.45, 2.75) is 109 Å². The normalized spacial score (nSPS) is 18.7. The van der Waals surface area contributed by atoms with E-state index in [1.54, 1.807) is 25.7 Å². The van der Waals surface area contributed by atoms with Crippen LogP contribution in [-0.4, -0.2) is 89.9 Å². The van der Waals surface area contributed by atoms with Gasteiger partial charge in [0.25, 0.3) is 0 Å². The lowest BCUT2D eigenvalue weighted by molar-refractivity contribution is -0.140. The summed E-state index contributed by atoms with van der Waals surface area (Å²) in [5.41, 5.74) is -0.0347. The summed E-state index contributed by atoms with van der Waals surface area (Å²) in [5, 5.41) is 3.18. The van der Waals surface area contributed by atoms with Crippen molar-refractivity contribution in [3.05, 3.63) is 71.8 Å². The van der Waals surface area contributed by atoms with Gasteiger partial charge in [0.2, 0.25) is 11.8 Å². The zero-order valence-electron chi connectivity index (χ0n) is 29.1. The Kier molecular flexibility index (Phi) is 12.1. The Morgan fingerprint density at radius 2 is 1.47 bits per heavy atom. The molecular formula is C36H52BN3O7. The summed E-state index contributed by atoms with van der Waals surface area (Å²) >= 11 is 0. The van der Waals surface area contributed by atoms with Gasteiger partial charge in [0.1, 0.15) is 11.6 Å². The first-order valence-corrected chi connectivity index (χ1v) is 16.7. The fourth-order valence-corrected chi connectivity index (χ4v) is 5.63. The van der Waals surface area contributed by atoms with Crippen LogP contribution in [-0.2, 0) is 41.3 Å². The van der Waals surface area contributed by atoms with Gasteiger partial charge in [-0.1, -0.05) is 60.7 Å². The molecule has 1 N–H and O–H groups in total. The lowest BCUT2D eigenvalue weighted by Gasteiger charge is -2.35. The number of rotatable bonds is 12. The van der Waals surface area contributed by atoms with Crippen molar-refractivity contribution in [2.24, 2.45) is 0 Å². The molecule has 0 saturated carbocycles. The number of aryl methyl sites for hydroxylation is 1. The van der Waals surface area contributed by atoms with E-state index in [1.807, 2.05) is 76.2 Å². The number of morpholine rings is 1. The van der Waals surface area contributed by atoms with E-state index < -0.39 is 47.9 Å². The van der Waals surface area contributed by atoms with Gasteiger partial charge in [-0.25, -0.2) is 4.79 Å². The molecule has 2 fully saturated rings. The summed E-state index contributed by atoms with van der Waals surface area (Å²) in [7, 11) is -0.723. The Morgan fingerprint density at radius 1 is 0.915 bits per heavy atom. The summed E-state index contributed by atoms with van der Waals surface area (Å²) in [6.07, 6.45) is 1.25. The zero-order chi connectivity index (χ0) is 34.2. The number of ether oxygens (including phenoxy) is 2. The molecule has 4 rings (SSSR count). The molecule has 2 aromatic carbocycles. The molecule has 0 aromatic heterocycles. The van der Waals surface area contributed by atoms with Gasteiger partial charge in [0, 0.05) is 19.6 Å². The van der Waals surface area contributed by atoms with Crippen molar-refractivity contribution in [3.8, 4) is 0 Å². The molecule has 2 aliphatic heterocycles. The number of carbonyl (C=O) groups is 3. The Morgan fingerprint density at radius 3 is 2.02 bits per heavy atom. The van der Waals surface area contributed by atoms with Crippen LogP contribution in [0.25, 0.3) is 0 Å². The fraction of sp³-hybridized carbons (Fsp3) is 0.583. The number of hydrogen-bond donors (Lipinski definition) is 1. The van der Waals surface area contributed by atoms with E-state index in [4.69, 9.17) is 18.8 Å². The highest BCUT2D eigenvalue weighted by Gasteiger charge is 2.54. The maximum atomic E-state index is 14.5. The molecule has 47 heavy (non-hydrogen) atoms. The number of benzene rings is 2. The summed E-state index contributed by atoms with van der Waals surface area (Å²) in [5.74, 6) is -1.23. The van der Waals surface area contributed by atoms with E-state index in [1.165, 1.54) is 10.5 Å². The number of nitrogens with zero attached hydrogens (tertiary/aromatic N) is 2. The molecule has 2 aromatic rings. The van der Waals surface area contributed by atoms with E-state index in [0.29, 0.717) is 32.7 Å². The molecule has 2 aliphatic rings. The number of amides is 3. The maximum Gasteiger partial charge on any atom is 0.481 e. The van der Waals surface area contributed by atoms with E-state index in [0.717, 1.165) is 18.4 Å². The van der Waals surface area contributed by atoms with E-state index in [-0.39, 0.29) is 18.9 Å². The molecule has 256 valence electrons. The molecule has 11 heteroatoms. The molecule has 0 bridgehead atoms. The number of nitrogens with one attached hydrogen (secondary N) is 1. The van der Waals surface area contributed by atoms with Crippen LogP contribution in [0.4, 0.5) is 4.79 Å². The molecular weight excluding hydrogens is 597 g/mol. The van der Waals surface area contributed by atoms with Gasteiger partial charge in [0.05, 0.1) is 36.8 Å². The van der Waals surface area contributed by atoms with Gasteiger partial charge in [0.15, 0.2) is 0 Å². The number of carbonyl (C=O) groups excluding carboxylic acids is 3. The van der Waals surface area contributed by atoms with Crippen molar-refractivity contribution in [1.82, 2.24) is 15.1 Å². The second-order valence-corrected chi connectivity index (χ2v) is 14.4. The monoisotopic (exact) mass is 649 g/mol. The second-order valence-electron chi connectivity index (χ2n) is 14.4. The van der Waals surface area contributed by atoms with Crippen molar-refractivity contribution in [3.63, 3.8) is 0 Å². The van der Waals surface area contributed by atoms with Crippen LogP contribution in [0.3, 0.4) is 0 Å². The maximum absolute atomic E-state index is 14.5. The summed E-state index contributed by atoms with van der Waals surface area (Å²) in [6, 6.07) is 18.4. The average Bonchev–Trinajstić information content (AvgIpc) is 3.24. The number of hydrogen-bond acceptors (Lipinski definition) is 7. The van der Waals surface area contributed by atoms with Crippen molar-refractivity contribution >= 4 is 25.0 Å². The van der Waals surface area contributed by atoms with Crippen LogP contribution in [0.2, 0.25) is 0 Å². The van der Waals surface area contributed by atoms with E-state index in [2.05, 4.69) is 17.4 Å². The Labute approximate surface area is 280 Å². The second kappa shape index (κ2) is 15.7. The highest BCUT2D eigenvalue weighted by Crippen LogP contribution is 2.38. The molecule has 2 heterocycles. The molecule has 2 saturated heterocycles. The molecule has 0 aliphatic carbocycles. The van der Waals surface area contributed by atoms with E-state index in [9.17, 15) is 14.4 Å². The van der Waals surface area contributed by atoms with Crippen LogP contribution >= 0.6 is 0 Å². The summed E-state index contributed by atoms with van der Waals surface area (Å²) < 4.78 is 24.1. The smallest absolute Gasteiger partial charge is 0.444 e. The fourth-order valence-electron chi connectivity index (χ4n) is 5.63. The molecule has 0 radical (unpaired) electrons. The first-order valence-electron chi connectivity index (χ1n) is 16.7. The lowest BCUT2D eigenvalue weighted by Crippen LogP contribution is -2.57. The average molecular weight is 650 g/mol. The van der Waals surface area contributed by atoms with Crippen LogP contribution in [0.15, 0.2) is 60.7 Å². The van der Waals surface area contributed by atoms with Crippen LogP contribution in [0, 0.1) is 0 Å². The van der Waals surface area contributed by atoms with Crippen molar-refractivity contribution in [1.29, 1.82) is 0 Å². The minimum Gasteiger partial charge on any atom is -0.444 e. The minimum atomic E-state index is -1.15. The van der Waals surface area contributed by atoms with Crippen LogP contribution in [0.1, 0.15) is 78.9 Å². The van der Waals surface area contributed by atoms with E-state index >= 15 is 0 Å². The topological polar surface area (TPSA) is 107 Å². The van der Waals surface area contributed by atoms with Crippen molar-refractivity contribution < 1.29 is 33.2 Å². The molecule has 0 spiro atoms. The standard InChI is InChI=1S/C36H52BN3O7/c1-34(2,3)45-33(43)40(26-28-17-12-9-13-18-28)29(25-31(41)39-21-23-44-24-22-39)32(42)38-30(20-14-19-27-15-10-8-11-16-27)37-46-35(4,5)36(6,7)47-37/h8-13,15-18,29-30H,14,19-26H2,1-7H3,(H,38,42). The highest BCUT2D eigenvalue weighted by atomic mass is 16.7. The predicted octanol–water partition coefficient (Wildman–Crippen LogP) is 5.18.